The first-order valence-corrected chi connectivity index (χ1v) is 11.1. The van der Waals surface area contributed by atoms with E-state index in [1.165, 1.54) is 11.3 Å². The zero-order chi connectivity index (χ0) is 22.1. The Bertz CT molecular complexity index is 852. The van der Waals surface area contributed by atoms with E-state index < -0.39 is 0 Å². The number of aromatic nitrogens is 1. The van der Waals surface area contributed by atoms with Gasteiger partial charge < -0.3 is 20.4 Å². The Labute approximate surface area is 185 Å². The number of likely N-dealkylation sites (N-methyl/N-ethyl adjacent to an activating group) is 1. The van der Waals surface area contributed by atoms with Crippen LogP contribution in [0.2, 0.25) is 0 Å². The van der Waals surface area contributed by atoms with Gasteiger partial charge in [-0.1, -0.05) is 23.8 Å². The smallest absolute Gasteiger partial charge is 0.244 e. The summed E-state index contributed by atoms with van der Waals surface area (Å²) in [6.45, 7) is 7.58. The highest BCUT2D eigenvalue weighted by atomic mass is 16.2. The molecule has 2 aromatic rings. The SMILES string of the molecule is CCNC(=NCC(=O)N(C)CCc1ccccn1)NC1CCN(c2ccc(C)cc2)C1. The summed E-state index contributed by atoms with van der Waals surface area (Å²) in [5, 5.41) is 6.76. The van der Waals surface area contributed by atoms with Crippen LogP contribution in [0.15, 0.2) is 53.7 Å². The lowest BCUT2D eigenvalue weighted by Crippen LogP contribution is -2.45. The van der Waals surface area contributed by atoms with Gasteiger partial charge in [0.2, 0.25) is 5.91 Å². The van der Waals surface area contributed by atoms with Gasteiger partial charge in [0.05, 0.1) is 0 Å². The van der Waals surface area contributed by atoms with Gasteiger partial charge in [-0.3, -0.25) is 9.78 Å². The number of guanidine groups is 1. The van der Waals surface area contributed by atoms with Crippen molar-refractivity contribution in [2.45, 2.75) is 32.7 Å². The van der Waals surface area contributed by atoms with E-state index in [4.69, 9.17) is 0 Å². The molecular weight excluding hydrogens is 388 g/mol. The van der Waals surface area contributed by atoms with Gasteiger partial charge in [0, 0.05) is 63.3 Å². The molecule has 7 nitrogen and oxygen atoms in total. The Morgan fingerprint density at radius 3 is 2.77 bits per heavy atom. The van der Waals surface area contributed by atoms with Crippen LogP contribution in [-0.2, 0) is 11.2 Å². The molecule has 1 aliphatic rings. The van der Waals surface area contributed by atoms with Crippen LogP contribution in [0.25, 0.3) is 0 Å². The van der Waals surface area contributed by atoms with Crippen LogP contribution in [0.4, 0.5) is 5.69 Å². The van der Waals surface area contributed by atoms with Crippen molar-refractivity contribution >= 4 is 17.6 Å². The minimum Gasteiger partial charge on any atom is -0.369 e. The Morgan fingerprint density at radius 1 is 1.26 bits per heavy atom. The van der Waals surface area contributed by atoms with E-state index in [2.05, 4.69) is 56.7 Å². The third kappa shape index (κ3) is 6.98. The van der Waals surface area contributed by atoms with E-state index in [0.29, 0.717) is 18.5 Å². The van der Waals surface area contributed by atoms with Gasteiger partial charge in [-0.05, 0) is 44.5 Å². The monoisotopic (exact) mass is 422 g/mol. The standard InChI is InChI=1S/C24H34N6O/c1-4-25-24(27-17-23(31)29(3)15-12-20-7-5-6-14-26-20)28-21-13-16-30(18-21)22-10-8-19(2)9-11-22/h5-11,14,21H,4,12-13,15-18H2,1-3H3,(H2,25,27,28). The van der Waals surface area contributed by atoms with Crippen LogP contribution in [0, 0.1) is 6.92 Å². The summed E-state index contributed by atoms with van der Waals surface area (Å²) in [6, 6.07) is 14.8. The number of hydrogen-bond acceptors (Lipinski definition) is 4. The molecule has 31 heavy (non-hydrogen) atoms. The van der Waals surface area contributed by atoms with E-state index in [1.807, 2.05) is 32.2 Å². The predicted molar refractivity (Wildman–Crippen MR) is 126 cm³/mol. The summed E-state index contributed by atoms with van der Waals surface area (Å²) in [5.74, 6) is 0.700. The number of aliphatic imine (C=N–C) groups is 1. The summed E-state index contributed by atoms with van der Waals surface area (Å²) < 4.78 is 0. The highest BCUT2D eigenvalue weighted by Crippen LogP contribution is 2.20. The first-order chi connectivity index (χ1) is 15.0. The summed E-state index contributed by atoms with van der Waals surface area (Å²) in [5.41, 5.74) is 3.51. The van der Waals surface area contributed by atoms with Gasteiger partial charge in [0.15, 0.2) is 5.96 Å². The molecule has 3 rings (SSSR count). The first kappa shape index (κ1) is 22.6. The number of benzene rings is 1. The Morgan fingerprint density at radius 2 is 2.06 bits per heavy atom. The molecule has 1 fully saturated rings. The molecule has 1 aromatic heterocycles. The van der Waals surface area contributed by atoms with E-state index in [-0.39, 0.29) is 12.5 Å². The third-order valence-electron chi connectivity index (χ3n) is 5.50. The van der Waals surface area contributed by atoms with Crippen LogP contribution < -0.4 is 15.5 Å². The van der Waals surface area contributed by atoms with Gasteiger partial charge in [-0.25, -0.2) is 4.99 Å². The number of nitrogens with zero attached hydrogens (tertiary/aromatic N) is 4. The molecule has 1 aliphatic heterocycles. The van der Waals surface area contributed by atoms with Gasteiger partial charge in [-0.2, -0.15) is 0 Å². The number of amides is 1. The average molecular weight is 423 g/mol. The summed E-state index contributed by atoms with van der Waals surface area (Å²) in [6.07, 6.45) is 3.55. The molecule has 0 radical (unpaired) electrons. The second kappa shape index (κ2) is 11.3. The molecule has 0 aliphatic carbocycles. The highest BCUT2D eigenvalue weighted by molar-refractivity contribution is 5.85. The van der Waals surface area contributed by atoms with Crippen molar-refractivity contribution in [1.82, 2.24) is 20.5 Å². The number of pyridine rings is 1. The number of carbonyl (C=O) groups is 1. The predicted octanol–water partition coefficient (Wildman–Crippen LogP) is 2.22. The van der Waals surface area contributed by atoms with Crippen molar-refractivity contribution in [2.24, 2.45) is 4.99 Å². The normalized spacial score (nSPS) is 16.3. The summed E-state index contributed by atoms with van der Waals surface area (Å²) in [7, 11) is 1.82. The van der Waals surface area contributed by atoms with Gasteiger partial charge in [0.25, 0.3) is 0 Å². The molecule has 1 amide bonds. The third-order valence-corrected chi connectivity index (χ3v) is 5.50. The van der Waals surface area contributed by atoms with Crippen LogP contribution in [0.3, 0.4) is 0 Å². The summed E-state index contributed by atoms with van der Waals surface area (Å²) in [4.78, 5) is 25.5. The van der Waals surface area contributed by atoms with Crippen molar-refractivity contribution in [3.8, 4) is 0 Å². The molecule has 1 saturated heterocycles. The zero-order valence-corrected chi connectivity index (χ0v) is 18.8. The molecular formula is C24H34N6O. The lowest BCUT2D eigenvalue weighted by molar-refractivity contribution is -0.128. The molecule has 0 spiro atoms. The number of rotatable bonds is 8. The number of carbonyl (C=O) groups excluding carboxylic acids is 1. The Kier molecular flexibility index (Phi) is 8.27. The van der Waals surface area contributed by atoms with Crippen LogP contribution >= 0.6 is 0 Å². The maximum absolute atomic E-state index is 12.5. The van der Waals surface area contributed by atoms with Gasteiger partial charge in [0.1, 0.15) is 6.54 Å². The lowest BCUT2D eigenvalue weighted by atomic mass is 10.2. The fraction of sp³-hybridized carbons (Fsp3) is 0.458. The first-order valence-electron chi connectivity index (χ1n) is 11.1. The van der Waals surface area contributed by atoms with Gasteiger partial charge >= 0.3 is 0 Å². The Hall–Kier alpha value is -3.09. The lowest BCUT2D eigenvalue weighted by Gasteiger charge is -2.21. The minimum atomic E-state index is 0.000776. The number of hydrogen-bond donors (Lipinski definition) is 2. The topological polar surface area (TPSA) is 72.9 Å². The molecule has 2 heterocycles. The van der Waals surface area contributed by atoms with Gasteiger partial charge in [-0.15, -0.1) is 0 Å². The zero-order valence-electron chi connectivity index (χ0n) is 18.8. The van der Waals surface area contributed by atoms with Crippen molar-refractivity contribution < 1.29 is 4.79 Å². The van der Waals surface area contributed by atoms with E-state index in [0.717, 1.165) is 38.2 Å². The molecule has 166 valence electrons. The average Bonchev–Trinajstić information content (AvgIpc) is 3.25. The second-order valence-corrected chi connectivity index (χ2v) is 7.99. The van der Waals surface area contributed by atoms with Crippen LogP contribution in [-0.4, -0.2) is 67.6 Å². The molecule has 0 saturated carbocycles. The van der Waals surface area contributed by atoms with E-state index in [1.54, 1.807) is 11.1 Å². The largest absolute Gasteiger partial charge is 0.369 e. The molecule has 0 bridgehead atoms. The molecule has 1 unspecified atom stereocenters. The Balaban J connectivity index is 1.49. The highest BCUT2D eigenvalue weighted by Gasteiger charge is 2.23. The van der Waals surface area contributed by atoms with Crippen molar-refractivity contribution in [2.75, 3.05) is 44.7 Å². The maximum Gasteiger partial charge on any atom is 0.244 e. The fourth-order valence-electron chi connectivity index (χ4n) is 3.60. The number of aryl methyl sites for hydroxylation is 1. The summed E-state index contributed by atoms with van der Waals surface area (Å²) >= 11 is 0. The quantitative estimate of drug-likeness (QED) is 0.504. The molecule has 1 aromatic carbocycles. The van der Waals surface area contributed by atoms with Crippen molar-refractivity contribution in [3.63, 3.8) is 0 Å². The second-order valence-electron chi connectivity index (χ2n) is 7.99. The molecule has 1 atom stereocenters. The van der Waals surface area contributed by atoms with Crippen LogP contribution in [0.5, 0.6) is 0 Å². The maximum atomic E-state index is 12.5. The molecule has 2 N–H and O–H groups in total. The van der Waals surface area contributed by atoms with Crippen molar-refractivity contribution in [1.29, 1.82) is 0 Å². The minimum absolute atomic E-state index is 0.000776. The molecule has 7 heteroatoms. The van der Waals surface area contributed by atoms with Crippen molar-refractivity contribution in [3.05, 3.63) is 59.9 Å². The van der Waals surface area contributed by atoms with E-state index in [9.17, 15) is 4.79 Å². The van der Waals surface area contributed by atoms with E-state index >= 15 is 0 Å². The fourth-order valence-corrected chi connectivity index (χ4v) is 3.60. The van der Waals surface area contributed by atoms with Crippen LogP contribution in [0.1, 0.15) is 24.6 Å². The number of anilines is 1. The number of nitrogens with one attached hydrogen (secondary N) is 2.